The standard InChI is InChI=1S/C28H39NO3/c1-27(2,3)32-26(30)29-20-11-19-28(22-29,18-10-16-24-12-6-4-7-13-24)23-31-21-17-25-14-8-5-9-15-25/h4-9,12-15H,10-11,16-23H2,1-3H3. The van der Waals surface area contributed by atoms with Crippen LogP contribution in [0.3, 0.4) is 0 Å². The summed E-state index contributed by atoms with van der Waals surface area (Å²) in [6.45, 7) is 8.64. The van der Waals surface area contributed by atoms with E-state index in [0.717, 1.165) is 45.1 Å². The molecule has 0 aromatic heterocycles. The van der Waals surface area contributed by atoms with Crippen molar-refractivity contribution >= 4 is 6.09 Å². The molecule has 0 bridgehead atoms. The van der Waals surface area contributed by atoms with Gasteiger partial charge in [0.05, 0.1) is 13.2 Å². The summed E-state index contributed by atoms with van der Waals surface area (Å²) in [4.78, 5) is 14.7. The first-order chi connectivity index (χ1) is 15.4. The number of ether oxygens (including phenoxy) is 2. The van der Waals surface area contributed by atoms with Crippen LogP contribution in [0.4, 0.5) is 4.79 Å². The van der Waals surface area contributed by atoms with E-state index in [0.29, 0.717) is 19.8 Å². The minimum absolute atomic E-state index is 0.0133. The maximum Gasteiger partial charge on any atom is 0.410 e. The molecule has 1 aliphatic heterocycles. The molecule has 4 nitrogen and oxygen atoms in total. The van der Waals surface area contributed by atoms with Crippen LogP contribution in [0, 0.1) is 5.41 Å². The highest BCUT2D eigenvalue weighted by Crippen LogP contribution is 2.36. The molecule has 32 heavy (non-hydrogen) atoms. The number of amides is 1. The van der Waals surface area contributed by atoms with E-state index in [2.05, 4.69) is 54.6 Å². The van der Waals surface area contributed by atoms with Crippen molar-refractivity contribution in [2.24, 2.45) is 5.41 Å². The van der Waals surface area contributed by atoms with Crippen molar-refractivity contribution in [3.8, 4) is 0 Å². The zero-order valence-electron chi connectivity index (χ0n) is 20.0. The molecule has 1 unspecified atom stereocenters. The third kappa shape index (κ3) is 7.98. The molecule has 3 rings (SSSR count). The van der Waals surface area contributed by atoms with Crippen LogP contribution >= 0.6 is 0 Å². The third-order valence-electron chi connectivity index (χ3n) is 6.11. The number of nitrogens with zero attached hydrogens (tertiary/aromatic N) is 1. The Labute approximate surface area is 193 Å². The fourth-order valence-electron chi connectivity index (χ4n) is 4.52. The van der Waals surface area contributed by atoms with Gasteiger partial charge in [-0.05, 0) is 70.4 Å². The Morgan fingerprint density at radius 2 is 1.59 bits per heavy atom. The summed E-state index contributed by atoms with van der Waals surface area (Å²) in [7, 11) is 0. The molecule has 1 saturated heterocycles. The quantitative estimate of drug-likeness (QED) is 0.433. The van der Waals surface area contributed by atoms with Gasteiger partial charge in [0.2, 0.25) is 0 Å². The van der Waals surface area contributed by atoms with Gasteiger partial charge in [-0.3, -0.25) is 0 Å². The number of carbonyl (C=O) groups is 1. The molecule has 0 radical (unpaired) electrons. The van der Waals surface area contributed by atoms with Crippen LogP contribution in [0.1, 0.15) is 57.6 Å². The lowest BCUT2D eigenvalue weighted by molar-refractivity contribution is -0.0284. The summed E-state index contributed by atoms with van der Waals surface area (Å²) in [6.07, 6.45) is 5.99. The van der Waals surface area contributed by atoms with E-state index in [-0.39, 0.29) is 11.5 Å². The van der Waals surface area contributed by atoms with Crippen LogP contribution in [0.25, 0.3) is 0 Å². The molecule has 2 aromatic rings. The molecule has 4 heteroatoms. The molecule has 0 saturated carbocycles. The van der Waals surface area contributed by atoms with Gasteiger partial charge in [-0.2, -0.15) is 0 Å². The Morgan fingerprint density at radius 3 is 2.22 bits per heavy atom. The van der Waals surface area contributed by atoms with E-state index in [1.54, 1.807) is 0 Å². The van der Waals surface area contributed by atoms with Gasteiger partial charge in [0, 0.05) is 18.5 Å². The smallest absolute Gasteiger partial charge is 0.410 e. The van der Waals surface area contributed by atoms with Crippen LogP contribution in [0.5, 0.6) is 0 Å². The number of carbonyl (C=O) groups excluding carboxylic acids is 1. The predicted molar refractivity (Wildman–Crippen MR) is 130 cm³/mol. The molecule has 0 spiro atoms. The molecule has 2 aromatic carbocycles. The number of hydrogen-bond donors (Lipinski definition) is 0. The van der Waals surface area contributed by atoms with Gasteiger partial charge in [-0.1, -0.05) is 60.7 Å². The van der Waals surface area contributed by atoms with Gasteiger partial charge in [0.25, 0.3) is 0 Å². The van der Waals surface area contributed by atoms with Gasteiger partial charge in [0.1, 0.15) is 5.60 Å². The van der Waals surface area contributed by atoms with E-state index in [9.17, 15) is 4.79 Å². The van der Waals surface area contributed by atoms with Crippen molar-refractivity contribution in [2.45, 2.75) is 64.9 Å². The first-order valence-corrected chi connectivity index (χ1v) is 12.0. The molecule has 174 valence electrons. The first-order valence-electron chi connectivity index (χ1n) is 12.0. The summed E-state index contributed by atoms with van der Waals surface area (Å²) in [5.74, 6) is 0. The third-order valence-corrected chi connectivity index (χ3v) is 6.11. The van der Waals surface area contributed by atoms with Gasteiger partial charge in [-0.25, -0.2) is 4.79 Å². The minimum atomic E-state index is -0.476. The van der Waals surface area contributed by atoms with Crippen molar-refractivity contribution in [2.75, 3.05) is 26.3 Å². The molecular formula is C28H39NO3. The first kappa shape index (κ1) is 24.3. The number of benzene rings is 2. The molecule has 1 atom stereocenters. The highest BCUT2D eigenvalue weighted by molar-refractivity contribution is 5.68. The highest BCUT2D eigenvalue weighted by Gasteiger charge is 2.38. The lowest BCUT2D eigenvalue weighted by Crippen LogP contribution is -2.49. The normalized spacial score (nSPS) is 19.0. The molecule has 1 heterocycles. The molecule has 0 N–H and O–H groups in total. The van der Waals surface area contributed by atoms with Gasteiger partial charge < -0.3 is 14.4 Å². The van der Waals surface area contributed by atoms with E-state index in [1.165, 1.54) is 11.1 Å². The number of hydrogen-bond acceptors (Lipinski definition) is 3. The van der Waals surface area contributed by atoms with Crippen LogP contribution in [0.15, 0.2) is 60.7 Å². The zero-order valence-corrected chi connectivity index (χ0v) is 20.0. The Balaban J connectivity index is 1.60. The van der Waals surface area contributed by atoms with Crippen molar-refractivity contribution in [1.82, 2.24) is 4.90 Å². The monoisotopic (exact) mass is 437 g/mol. The number of piperidine rings is 1. The summed E-state index contributed by atoms with van der Waals surface area (Å²) < 4.78 is 11.9. The van der Waals surface area contributed by atoms with E-state index in [1.807, 2.05) is 31.7 Å². The SMILES string of the molecule is CC(C)(C)OC(=O)N1CCCC(CCCc2ccccc2)(COCCc2ccccc2)C1. The van der Waals surface area contributed by atoms with Gasteiger partial charge in [0.15, 0.2) is 0 Å². The van der Waals surface area contributed by atoms with Crippen molar-refractivity contribution in [3.63, 3.8) is 0 Å². The van der Waals surface area contributed by atoms with Crippen LogP contribution in [0.2, 0.25) is 0 Å². The van der Waals surface area contributed by atoms with Gasteiger partial charge >= 0.3 is 6.09 Å². The number of aryl methyl sites for hydroxylation is 1. The van der Waals surface area contributed by atoms with Crippen molar-refractivity contribution in [3.05, 3.63) is 71.8 Å². The molecule has 1 fully saturated rings. The Kier molecular flexibility index (Phi) is 8.75. The maximum absolute atomic E-state index is 12.8. The maximum atomic E-state index is 12.8. The molecular weight excluding hydrogens is 398 g/mol. The lowest BCUT2D eigenvalue weighted by atomic mass is 9.76. The number of likely N-dealkylation sites (tertiary alicyclic amines) is 1. The average molecular weight is 438 g/mol. The van der Waals surface area contributed by atoms with Crippen LogP contribution < -0.4 is 0 Å². The topological polar surface area (TPSA) is 38.8 Å². The Morgan fingerprint density at radius 1 is 0.969 bits per heavy atom. The van der Waals surface area contributed by atoms with Gasteiger partial charge in [-0.15, -0.1) is 0 Å². The fourth-order valence-corrected chi connectivity index (χ4v) is 4.52. The molecule has 1 amide bonds. The second-order valence-corrected chi connectivity index (χ2v) is 10.1. The zero-order chi connectivity index (χ0) is 22.9. The second-order valence-electron chi connectivity index (χ2n) is 10.1. The summed E-state index contributed by atoms with van der Waals surface area (Å²) in [5, 5.41) is 0. The van der Waals surface area contributed by atoms with E-state index < -0.39 is 5.60 Å². The van der Waals surface area contributed by atoms with Crippen LogP contribution in [-0.2, 0) is 22.3 Å². The number of rotatable bonds is 9. The Bertz CT molecular complexity index is 816. The van der Waals surface area contributed by atoms with Crippen molar-refractivity contribution < 1.29 is 14.3 Å². The minimum Gasteiger partial charge on any atom is -0.444 e. The summed E-state index contributed by atoms with van der Waals surface area (Å²) >= 11 is 0. The van der Waals surface area contributed by atoms with E-state index >= 15 is 0 Å². The second kappa shape index (κ2) is 11.5. The summed E-state index contributed by atoms with van der Waals surface area (Å²) in [5.41, 5.74) is 2.18. The Hall–Kier alpha value is -2.33. The average Bonchev–Trinajstić information content (AvgIpc) is 2.77. The highest BCUT2D eigenvalue weighted by atomic mass is 16.6. The fraction of sp³-hybridized carbons (Fsp3) is 0.536. The lowest BCUT2D eigenvalue weighted by Gasteiger charge is -2.43. The molecule has 1 aliphatic rings. The molecule has 0 aliphatic carbocycles. The van der Waals surface area contributed by atoms with Crippen molar-refractivity contribution in [1.29, 1.82) is 0 Å². The predicted octanol–water partition coefficient (Wildman–Crippen LogP) is 6.29. The largest absolute Gasteiger partial charge is 0.444 e. The van der Waals surface area contributed by atoms with E-state index in [4.69, 9.17) is 9.47 Å². The summed E-state index contributed by atoms with van der Waals surface area (Å²) in [6, 6.07) is 21.1. The van der Waals surface area contributed by atoms with Crippen LogP contribution in [-0.4, -0.2) is 42.9 Å².